The fourth-order valence-corrected chi connectivity index (χ4v) is 3.89. The van der Waals surface area contributed by atoms with Crippen molar-refractivity contribution in [1.29, 1.82) is 0 Å². The summed E-state index contributed by atoms with van der Waals surface area (Å²) in [5, 5.41) is 3.10. The lowest BCUT2D eigenvalue weighted by Gasteiger charge is -2.36. The molecule has 6 heteroatoms. The maximum Gasteiger partial charge on any atom is 0.253 e. The molecule has 1 aliphatic carbocycles. The van der Waals surface area contributed by atoms with Crippen molar-refractivity contribution < 1.29 is 9.18 Å². The molecule has 142 valence electrons. The molecule has 27 heavy (non-hydrogen) atoms. The summed E-state index contributed by atoms with van der Waals surface area (Å²) in [6.07, 6.45) is 6.23. The van der Waals surface area contributed by atoms with Crippen LogP contribution in [-0.4, -0.2) is 43.1 Å². The largest absolute Gasteiger partial charge is 0.368 e. The predicted molar refractivity (Wildman–Crippen MR) is 105 cm³/mol. The number of amides is 1. The molecule has 2 aromatic rings. The lowest BCUT2D eigenvalue weighted by molar-refractivity contribution is 0.0937. The summed E-state index contributed by atoms with van der Waals surface area (Å²) in [5.74, 6) is 0.659. The minimum atomic E-state index is -0.210. The summed E-state index contributed by atoms with van der Waals surface area (Å²) in [7, 11) is 0. The molecule has 2 fully saturated rings. The normalized spacial score (nSPS) is 18.0. The van der Waals surface area contributed by atoms with E-state index in [1.165, 1.54) is 25.0 Å². The van der Waals surface area contributed by atoms with Gasteiger partial charge in [-0.1, -0.05) is 12.8 Å². The summed E-state index contributed by atoms with van der Waals surface area (Å²) in [6.45, 7) is 3.41. The molecular formula is C21H25FN4O. The number of piperazine rings is 1. The monoisotopic (exact) mass is 368 g/mol. The average Bonchev–Trinajstić information content (AvgIpc) is 3.22. The van der Waals surface area contributed by atoms with Crippen molar-refractivity contribution in [2.45, 2.75) is 31.7 Å². The number of benzene rings is 1. The smallest absolute Gasteiger partial charge is 0.253 e. The van der Waals surface area contributed by atoms with Crippen LogP contribution in [0.1, 0.15) is 36.0 Å². The van der Waals surface area contributed by atoms with Crippen molar-refractivity contribution in [2.75, 3.05) is 36.0 Å². The van der Waals surface area contributed by atoms with E-state index in [2.05, 4.69) is 20.1 Å². The zero-order chi connectivity index (χ0) is 18.6. The summed E-state index contributed by atoms with van der Waals surface area (Å²) >= 11 is 0. The van der Waals surface area contributed by atoms with E-state index < -0.39 is 0 Å². The van der Waals surface area contributed by atoms with Crippen LogP contribution < -0.4 is 15.1 Å². The molecule has 0 spiro atoms. The minimum Gasteiger partial charge on any atom is -0.368 e. The average molecular weight is 368 g/mol. The number of hydrogen-bond donors (Lipinski definition) is 1. The molecule has 4 rings (SSSR count). The van der Waals surface area contributed by atoms with Crippen molar-refractivity contribution in [2.24, 2.45) is 0 Å². The number of nitrogens with zero attached hydrogens (tertiary/aromatic N) is 3. The summed E-state index contributed by atoms with van der Waals surface area (Å²) in [4.78, 5) is 21.3. The first-order chi connectivity index (χ1) is 13.2. The molecule has 0 atom stereocenters. The molecular weight excluding hydrogens is 343 g/mol. The van der Waals surface area contributed by atoms with Gasteiger partial charge in [0.1, 0.15) is 11.6 Å². The van der Waals surface area contributed by atoms with E-state index in [0.717, 1.165) is 50.5 Å². The Bertz CT molecular complexity index is 764. The molecule has 1 saturated heterocycles. The standard InChI is InChI=1S/C21H25FN4O/c22-17-6-8-19(9-7-17)25-11-13-26(14-12-25)20-10-5-16(15-23-20)21(27)24-18-3-1-2-4-18/h5-10,15,18H,1-4,11-14H2,(H,24,27). The van der Waals surface area contributed by atoms with Gasteiger partial charge < -0.3 is 15.1 Å². The van der Waals surface area contributed by atoms with Crippen LogP contribution in [0.5, 0.6) is 0 Å². The summed E-state index contributed by atoms with van der Waals surface area (Å²) in [6, 6.07) is 10.7. The second-order valence-electron chi connectivity index (χ2n) is 7.31. The summed E-state index contributed by atoms with van der Waals surface area (Å²) in [5.41, 5.74) is 1.67. The third kappa shape index (κ3) is 4.21. The third-order valence-electron chi connectivity index (χ3n) is 5.50. The van der Waals surface area contributed by atoms with Gasteiger partial charge in [0, 0.05) is 44.1 Å². The molecule has 5 nitrogen and oxygen atoms in total. The zero-order valence-electron chi connectivity index (χ0n) is 15.4. The van der Waals surface area contributed by atoms with Gasteiger partial charge >= 0.3 is 0 Å². The highest BCUT2D eigenvalue weighted by atomic mass is 19.1. The zero-order valence-corrected chi connectivity index (χ0v) is 15.4. The Labute approximate surface area is 159 Å². The number of aromatic nitrogens is 1. The number of anilines is 2. The Morgan fingerprint density at radius 2 is 1.63 bits per heavy atom. The first-order valence-electron chi connectivity index (χ1n) is 9.71. The molecule has 0 radical (unpaired) electrons. The highest BCUT2D eigenvalue weighted by Crippen LogP contribution is 2.21. The number of carbonyl (C=O) groups is 1. The van der Waals surface area contributed by atoms with Crippen molar-refractivity contribution in [3.8, 4) is 0 Å². The fraction of sp³-hybridized carbons (Fsp3) is 0.429. The van der Waals surface area contributed by atoms with Crippen molar-refractivity contribution in [1.82, 2.24) is 10.3 Å². The highest BCUT2D eigenvalue weighted by Gasteiger charge is 2.20. The molecule has 1 amide bonds. The number of nitrogens with one attached hydrogen (secondary N) is 1. The van der Waals surface area contributed by atoms with Crippen LogP contribution in [0.2, 0.25) is 0 Å². The van der Waals surface area contributed by atoms with Gasteiger partial charge in [-0.3, -0.25) is 4.79 Å². The van der Waals surface area contributed by atoms with E-state index in [0.29, 0.717) is 11.6 Å². The molecule has 1 N–H and O–H groups in total. The molecule has 0 unspecified atom stereocenters. The van der Waals surface area contributed by atoms with Crippen molar-refractivity contribution in [3.05, 3.63) is 54.0 Å². The van der Waals surface area contributed by atoms with Gasteiger partial charge in [-0.15, -0.1) is 0 Å². The number of rotatable bonds is 4. The van der Waals surface area contributed by atoms with Crippen LogP contribution in [-0.2, 0) is 0 Å². The minimum absolute atomic E-state index is 0.0259. The molecule has 1 aromatic heterocycles. The Morgan fingerprint density at radius 1 is 0.963 bits per heavy atom. The van der Waals surface area contributed by atoms with Gasteiger partial charge in [0.2, 0.25) is 0 Å². The van der Waals surface area contributed by atoms with Crippen LogP contribution >= 0.6 is 0 Å². The Morgan fingerprint density at radius 3 is 2.26 bits per heavy atom. The quantitative estimate of drug-likeness (QED) is 0.900. The number of pyridine rings is 1. The maximum atomic E-state index is 13.1. The first kappa shape index (κ1) is 17.8. The van der Waals surface area contributed by atoms with E-state index >= 15 is 0 Å². The van der Waals surface area contributed by atoms with E-state index in [1.807, 2.05) is 24.3 Å². The van der Waals surface area contributed by atoms with Gasteiger partial charge in [-0.25, -0.2) is 9.37 Å². The van der Waals surface area contributed by atoms with Crippen molar-refractivity contribution >= 4 is 17.4 Å². The Hall–Kier alpha value is -2.63. The van der Waals surface area contributed by atoms with E-state index in [4.69, 9.17) is 0 Å². The second kappa shape index (κ2) is 7.94. The molecule has 1 aliphatic heterocycles. The summed E-state index contributed by atoms with van der Waals surface area (Å²) < 4.78 is 13.1. The van der Waals surface area contributed by atoms with Crippen LogP contribution in [0.4, 0.5) is 15.9 Å². The fourth-order valence-electron chi connectivity index (χ4n) is 3.89. The van der Waals surface area contributed by atoms with Crippen LogP contribution in [0.25, 0.3) is 0 Å². The van der Waals surface area contributed by atoms with E-state index in [-0.39, 0.29) is 11.7 Å². The third-order valence-corrected chi connectivity index (χ3v) is 5.50. The number of halogens is 1. The lowest BCUT2D eigenvalue weighted by atomic mass is 10.2. The van der Waals surface area contributed by atoms with Crippen LogP contribution in [0.3, 0.4) is 0 Å². The van der Waals surface area contributed by atoms with Gasteiger partial charge in [0.15, 0.2) is 0 Å². The van der Waals surface area contributed by atoms with Gasteiger partial charge in [0.25, 0.3) is 5.91 Å². The van der Waals surface area contributed by atoms with Gasteiger partial charge in [0.05, 0.1) is 5.56 Å². The molecule has 1 aromatic carbocycles. The van der Waals surface area contributed by atoms with Gasteiger partial charge in [-0.2, -0.15) is 0 Å². The van der Waals surface area contributed by atoms with E-state index in [9.17, 15) is 9.18 Å². The van der Waals surface area contributed by atoms with Gasteiger partial charge in [-0.05, 0) is 49.2 Å². The SMILES string of the molecule is O=C(NC1CCCC1)c1ccc(N2CCN(c3ccc(F)cc3)CC2)nc1. The second-order valence-corrected chi connectivity index (χ2v) is 7.31. The molecule has 0 bridgehead atoms. The first-order valence-corrected chi connectivity index (χ1v) is 9.71. The maximum absolute atomic E-state index is 13.1. The number of hydrogen-bond acceptors (Lipinski definition) is 4. The topological polar surface area (TPSA) is 48.5 Å². The Balaban J connectivity index is 1.33. The Kier molecular flexibility index (Phi) is 5.23. The van der Waals surface area contributed by atoms with E-state index in [1.54, 1.807) is 6.20 Å². The van der Waals surface area contributed by atoms with Crippen LogP contribution in [0.15, 0.2) is 42.6 Å². The van der Waals surface area contributed by atoms with Crippen molar-refractivity contribution in [3.63, 3.8) is 0 Å². The molecule has 2 aliphatic rings. The molecule has 2 heterocycles. The highest BCUT2D eigenvalue weighted by molar-refractivity contribution is 5.94. The predicted octanol–water partition coefficient (Wildman–Crippen LogP) is 3.22. The van der Waals surface area contributed by atoms with Crippen LogP contribution in [0, 0.1) is 5.82 Å². The molecule has 1 saturated carbocycles. The number of carbonyl (C=O) groups excluding carboxylic acids is 1. The lowest BCUT2D eigenvalue weighted by Crippen LogP contribution is -2.46.